The predicted molar refractivity (Wildman–Crippen MR) is 46.3 cm³/mol. The summed E-state index contributed by atoms with van der Waals surface area (Å²) in [5.41, 5.74) is 0. The molecule has 0 unspecified atom stereocenters. The highest BCUT2D eigenvalue weighted by atomic mass is 35.5. The molecule has 6 heteroatoms. The molecule has 0 bridgehead atoms. The Kier molecular flexibility index (Phi) is 9.40. The molecule has 0 aromatic carbocycles. The molecule has 0 rings (SSSR count). The van der Waals surface area contributed by atoms with E-state index in [1.54, 1.807) is 7.05 Å². The summed E-state index contributed by atoms with van der Waals surface area (Å²) < 4.78 is 0. The largest absolute Gasteiger partial charge is 0.394 e. The van der Waals surface area contributed by atoms with Gasteiger partial charge in [0.25, 0.3) is 0 Å². The van der Waals surface area contributed by atoms with Gasteiger partial charge in [-0.1, -0.05) is 0 Å². The molecule has 76 valence electrons. The number of likely N-dealkylation sites (N-methyl/N-ethyl adjacent to an activating group) is 1. The van der Waals surface area contributed by atoms with Crippen molar-refractivity contribution < 1.29 is 20.4 Å². The van der Waals surface area contributed by atoms with Crippen LogP contribution in [0.5, 0.6) is 0 Å². The van der Waals surface area contributed by atoms with Crippen molar-refractivity contribution in [2.45, 2.75) is 18.3 Å². The molecule has 0 aromatic heterocycles. The van der Waals surface area contributed by atoms with Gasteiger partial charge in [0.1, 0.15) is 12.2 Å². The van der Waals surface area contributed by atoms with E-state index < -0.39 is 24.9 Å². The summed E-state index contributed by atoms with van der Waals surface area (Å²) in [7, 11) is 1.61. The van der Waals surface area contributed by atoms with Gasteiger partial charge in [-0.05, 0) is 7.05 Å². The second kappa shape index (κ2) is 7.72. The molecule has 0 saturated heterocycles. The van der Waals surface area contributed by atoms with E-state index in [0.717, 1.165) is 0 Å². The van der Waals surface area contributed by atoms with Gasteiger partial charge < -0.3 is 25.7 Å². The van der Waals surface area contributed by atoms with E-state index in [1.165, 1.54) is 0 Å². The maximum Gasteiger partial charge on any atom is 0.109 e. The van der Waals surface area contributed by atoms with Gasteiger partial charge >= 0.3 is 0 Å². The van der Waals surface area contributed by atoms with Crippen LogP contribution in [0.15, 0.2) is 0 Å². The van der Waals surface area contributed by atoms with Crippen LogP contribution < -0.4 is 5.32 Å². The molecule has 0 amide bonds. The zero-order valence-corrected chi connectivity index (χ0v) is 7.66. The van der Waals surface area contributed by atoms with Gasteiger partial charge in [0.05, 0.1) is 12.7 Å². The summed E-state index contributed by atoms with van der Waals surface area (Å²) in [6, 6.07) is 0. The van der Waals surface area contributed by atoms with Crippen LogP contribution in [0.3, 0.4) is 0 Å². The molecular formula is C6H16ClNO4. The Labute approximate surface area is 77.4 Å². The number of hydrogen-bond donors (Lipinski definition) is 5. The smallest absolute Gasteiger partial charge is 0.109 e. The summed E-state index contributed by atoms with van der Waals surface area (Å²) in [6.45, 7) is -0.375. The monoisotopic (exact) mass is 201 g/mol. The number of hydrogen-bond acceptors (Lipinski definition) is 5. The molecule has 0 spiro atoms. The lowest BCUT2D eigenvalue weighted by molar-refractivity contribution is -0.0745. The minimum absolute atomic E-state index is 0. The Bertz CT molecular complexity index is 106. The van der Waals surface area contributed by atoms with Crippen molar-refractivity contribution in [1.82, 2.24) is 5.32 Å². The number of halogens is 1. The van der Waals surface area contributed by atoms with Gasteiger partial charge in [0, 0.05) is 6.54 Å². The molecule has 5 nitrogen and oxygen atoms in total. The third-order valence-corrected chi connectivity index (χ3v) is 1.39. The van der Waals surface area contributed by atoms with Crippen LogP contribution in [0.1, 0.15) is 0 Å². The van der Waals surface area contributed by atoms with Crippen LogP contribution in [0.4, 0.5) is 0 Å². The summed E-state index contributed by atoms with van der Waals surface area (Å²) in [4.78, 5) is 0. The second-order valence-corrected chi connectivity index (χ2v) is 2.37. The molecule has 0 heterocycles. The topological polar surface area (TPSA) is 93.0 Å². The average Bonchev–Trinajstić information content (AvgIpc) is 2.02. The summed E-state index contributed by atoms with van der Waals surface area (Å²) >= 11 is 0. The lowest BCUT2D eigenvalue weighted by Crippen LogP contribution is -2.43. The van der Waals surface area contributed by atoms with Crippen LogP contribution >= 0.6 is 12.4 Å². The molecule has 0 aromatic rings. The van der Waals surface area contributed by atoms with Crippen molar-refractivity contribution in [2.75, 3.05) is 20.2 Å². The molecule has 0 fully saturated rings. The number of rotatable bonds is 5. The lowest BCUT2D eigenvalue weighted by atomic mass is 10.1. The first-order valence-electron chi connectivity index (χ1n) is 3.43. The van der Waals surface area contributed by atoms with Crippen LogP contribution in [0, 0.1) is 0 Å². The molecule has 3 atom stereocenters. The van der Waals surface area contributed by atoms with Crippen LogP contribution in [0.2, 0.25) is 0 Å². The van der Waals surface area contributed by atoms with E-state index in [9.17, 15) is 0 Å². The summed E-state index contributed by atoms with van der Waals surface area (Å²) in [5, 5.41) is 37.9. The van der Waals surface area contributed by atoms with E-state index in [1.807, 2.05) is 0 Å². The normalized spacial score (nSPS) is 17.8. The highest BCUT2D eigenvalue weighted by Crippen LogP contribution is 1.98. The van der Waals surface area contributed by atoms with Crippen molar-refractivity contribution in [1.29, 1.82) is 0 Å². The van der Waals surface area contributed by atoms with Crippen molar-refractivity contribution >= 4 is 12.4 Å². The Morgan fingerprint density at radius 3 is 2.00 bits per heavy atom. The first-order valence-corrected chi connectivity index (χ1v) is 3.43. The number of aliphatic hydroxyl groups excluding tert-OH is 4. The van der Waals surface area contributed by atoms with Crippen molar-refractivity contribution in [3.8, 4) is 0 Å². The van der Waals surface area contributed by atoms with E-state index >= 15 is 0 Å². The SMILES string of the molecule is CNC[C@H](O)[C@H](O)[C@H](O)CO.Cl. The molecule has 0 aliphatic carbocycles. The van der Waals surface area contributed by atoms with Crippen LogP contribution in [0.25, 0.3) is 0 Å². The molecule has 12 heavy (non-hydrogen) atoms. The fourth-order valence-electron chi connectivity index (χ4n) is 0.694. The summed E-state index contributed by atoms with van der Waals surface area (Å²) in [6.07, 6.45) is -3.63. The maximum absolute atomic E-state index is 9.04. The zero-order valence-electron chi connectivity index (χ0n) is 6.84. The first-order chi connectivity index (χ1) is 5.13. The van der Waals surface area contributed by atoms with Crippen LogP contribution in [-0.2, 0) is 0 Å². The highest BCUT2D eigenvalue weighted by molar-refractivity contribution is 5.85. The van der Waals surface area contributed by atoms with Gasteiger partial charge in [-0.25, -0.2) is 0 Å². The maximum atomic E-state index is 9.04. The second-order valence-electron chi connectivity index (χ2n) is 2.37. The minimum atomic E-state index is -1.30. The molecule has 5 N–H and O–H groups in total. The quantitative estimate of drug-likeness (QED) is 0.345. The first kappa shape index (κ1) is 14.6. The highest BCUT2D eigenvalue weighted by Gasteiger charge is 2.22. The van der Waals surface area contributed by atoms with Gasteiger partial charge in [-0.3, -0.25) is 0 Å². The van der Waals surface area contributed by atoms with E-state index in [0.29, 0.717) is 0 Å². The molecule has 0 aliphatic rings. The fourth-order valence-corrected chi connectivity index (χ4v) is 0.694. The van der Waals surface area contributed by atoms with Gasteiger partial charge in [0.2, 0.25) is 0 Å². The van der Waals surface area contributed by atoms with Gasteiger partial charge in [-0.2, -0.15) is 0 Å². The Balaban J connectivity index is 0. The standard InChI is InChI=1S/C6H15NO4.ClH/c1-7-2-4(9)6(11)5(10)3-8;/h4-11H,2-3H2,1H3;1H/t4-,5+,6-;/m0./s1. The van der Waals surface area contributed by atoms with Crippen molar-refractivity contribution in [2.24, 2.45) is 0 Å². The average molecular weight is 202 g/mol. The third-order valence-electron chi connectivity index (χ3n) is 1.39. The zero-order chi connectivity index (χ0) is 8.85. The van der Waals surface area contributed by atoms with Gasteiger partial charge in [-0.15, -0.1) is 12.4 Å². The molecule has 0 saturated carbocycles. The van der Waals surface area contributed by atoms with Crippen molar-refractivity contribution in [3.63, 3.8) is 0 Å². The van der Waals surface area contributed by atoms with E-state index in [2.05, 4.69) is 5.32 Å². The van der Waals surface area contributed by atoms with Crippen molar-refractivity contribution in [3.05, 3.63) is 0 Å². The Morgan fingerprint density at radius 1 is 1.17 bits per heavy atom. The number of aliphatic hydroxyl groups is 4. The molecular weight excluding hydrogens is 186 g/mol. The lowest BCUT2D eigenvalue weighted by Gasteiger charge is -2.20. The Morgan fingerprint density at radius 2 is 1.67 bits per heavy atom. The van der Waals surface area contributed by atoms with E-state index in [-0.39, 0.29) is 19.0 Å². The Hall–Kier alpha value is 0.0900. The fraction of sp³-hybridized carbons (Fsp3) is 1.00. The predicted octanol–water partition coefficient (Wildman–Crippen LogP) is -2.30. The van der Waals surface area contributed by atoms with Crippen LogP contribution in [-0.4, -0.2) is 58.9 Å². The molecule has 0 aliphatic heterocycles. The minimum Gasteiger partial charge on any atom is -0.394 e. The number of nitrogens with one attached hydrogen (secondary N) is 1. The summed E-state index contributed by atoms with van der Waals surface area (Å²) in [5.74, 6) is 0. The molecule has 0 radical (unpaired) electrons. The van der Waals surface area contributed by atoms with E-state index in [4.69, 9.17) is 20.4 Å². The third kappa shape index (κ3) is 4.87. The van der Waals surface area contributed by atoms with Gasteiger partial charge in [0.15, 0.2) is 0 Å².